The standard InChI is InChI=1S/C15H14O3/c16-10-12(14-6-1-2-7-15(14)18)8-11-4-3-5-13(17)9-11/h1-7,9-10,12,17-18H,8H2. The number of para-hydroxylation sites is 1. The van der Waals surface area contributed by atoms with Gasteiger partial charge >= 0.3 is 0 Å². The van der Waals surface area contributed by atoms with Crippen LogP contribution in [0.3, 0.4) is 0 Å². The van der Waals surface area contributed by atoms with Crippen LogP contribution in [0.4, 0.5) is 0 Å². The van der Waals surface area contributed by atoms with E-state index in [0.717, 1.165) is 11.8 Å². The predicted octanol–water partition coefficient (Wildman–Crippen LogP) is 2.62. The first-order valence-electron chi connectivity index (χ1n) is 5.72. The number of aldehydes is 1. The highest BCUT2D eigenvalue weighted by molar-refractivity contribution is 5.65. The second-order valence-corrected chi connectivity index (χ2v) is 4.18. The van der Waals surface area contributed by atoms with Gasteiger partial charge in [-0.2, -0.15) is 0 Å². The van der Waals surface area contributed by atoms with E-state index in [4.69, 9.17) is 0 Å². The monoisotopic (exact) mass is 242 g/mol. The molecule has 0 spiro atoms. The van der Waals surface area contributed by atoms with E-state index in [0.29, 0.717) is 12.0 Å². The minimum atomic E-state index is -0.409. The van der Waals surface area contributed by atoms with Gasteiger partial charge in [-0.15, -0.1) is 0 Å². The molecule has 0 heterocycles. The Labute approximate surface area is 105 Å². The van der Waals surface area contributed by atoms with Crippen molar-refractivity contribution in [1.82, 2.24) is 0 Å². The Balaban J connectivity index is 2.25. The Morgan fingerprint density at radius 2 is 1.83 bits per heavy atom. The molecule has 18 heavy (non-hydrogen) atoms. The minimum Gasteiger partial charge on any atom is -0.508 e. The van der Waals surface area contributed by atoms with Crippen molar-refractivity contribution in [3.63, 3.8) is 0 Å². The molecule has 0 bridgehead atoms. The summed E-state index contributed by atoms with van der Waals surface area (Å²) in [5.41, 5.74) is 1.46. The quantitative estimate of drug-likeness (QED) is 0.810. The van der Waals surface area contributed by atoms with Gasteiger partial charge in [0.25, 0.3) is 0 Å². The first-order chi connectivity index (χ1) is 8.70. The van der Waals surface area contributed by atoms with Crippen molar-refractivity contribution >= 4 is 6.29 Å². The van der Waals surface area contributed by atoms with Crippen LogP contribution >= 0.6 is 0 Å². The van der Waals surface area contributed by atoms with Gasteiger partial charge in [-0.3, -0.25) is 0 Å². The summed E-state index contributed by atoms with van der Waals surface area (Å²) in [6, 6.07) is 13.6. The summed E-state index contributed by atoms with van der Waals surface area (Å²) in [4.78, 5) is 11.2. The molecule has 0 aliphatic heterocycles. The topological polar surface area (TPSA) is 57.5 Å². The van der Waals surface area contributed by atoms with Crippen LogP contribution in [0.15, 0.2) is 48.5 Å². The molecule has 2 N–H and O–H groups in total. The number of benzene rings is 2. The Hall–Kier alpha value is -2.29. The molecule has 2 aromatic carbocycles. The van der Waals surface area contributed by atoms with Gasteiger partial charge in [0.05, 0.1) is 0 Å². The van der Waals surface area contributed by atoms with Crippen LogP contribution in [0.5, 0.6) is 11.5 Å². The van der Waals surface area contributed by atoms with E-state index >= 15 is 0 Å². The molecular weight excluding hydrogens is 228 g/mol. The van der Waals surface area contributed by atoms with Crippen LogP contribution in [0.1, 0.15) is 17.0 Å². The maximum absolute atomic E-state index is 11.2. The zero-order chi connectivity index (χ0) is 13.0. The first kappa shape index (κ1) is 12.2. The minimum absolute atomic E-state index is 0.120. The van der Waals surface area contributed by atoms with Crippen LogP contribution in [0.25, 0.3) is 0 Å². The molecule has 92 valence electrons. The molecule has 0 saturated heterocycles. The van der Waals surface area contributed by atoms with Crippen molar-refractivity contribution < 1.29 is 15.0 Å². The van der Waals surface area contributed by atoms with Gasteiger partial charge in [-0.05, 0) is 30.2 Å². The fraction of sp³-hybridized carbons (Fsp3) is 0.133. The summed E-state index contributed by atoms with van der Waals surface area (Å²) in [5, 5.41) is 19.1. The number of carbonyl (C=O) groups excluding carboxylic acids is 1. The number of hydrogen-bond acceptors (Lipinski definition) is 3. The number of phenolic OH excluding ortho intramolecular Hbond substituents is 2. The molecular formula is C15H14O3. The second kappa shape index (κ2) is 5.36. The van der Waals surface area contributed by atoms with Crippen LogP contribution in [-0.4, -0.2) is 16.5 Å². The van der Waals surface area contributed by atoms with Gasteiger partial charge in [0.2, 0.25) is 0 Å². The maximum Gasteiger partial charge on any atom is 0.127 e. The fourth-order valence-corrected chi connectivity index (χ4v) is 1.97. The van der Waals surface area contributed by atoms with E-state index in [-0.39, 0.29) is 11.5 Å². The van der Waals surface area contributed by atoms with E-state index in [9.17, 15) is 15.0 Å². The molecule has 3 heteroatoms. The van der Waals surface area contributed by atoms with E-state index < -0.39 is 5.92 Å². The summed E-state index contributed by atoms with van der Waals surface area (Å²) in [5.74, 6) is -0.114. The number of rotatable bonds is 4. The predicted molar refractivity (Wildman–Crippen MR) is 68.7 cm³/mol. The number of aromatic hydroxyl groups is 2. The van der Waals surface area contributed by atoms with Crippen LogP contribution < -0.4 is 0 Å². The number of hydrogen-bond donors (Lipinski definition) is 2. The SMILES string of the molecule is O=CC(Cc1cccc(O)c1)c1ccccc1O. The molecule has 1 atom stereocenters. The maximum atomic E-state index is 11.2. The van der Waals surface area contributed by atoms with Crippen LogP contribution in [0, 0.1) is 0 Å². The Morgan fingerprint density at radius 1 is 1.06 bits per heavy atom. The Morgan fingerprint density at radius 3 is 2.50 bits per heavy atom. The highest BCUT2D eigenvalue weighted by Gasteiger charge is 2.14. The average molecular weight is 242 g/mol. The lowest BCUT2D eigenvalue weighted by Gasteiger charge is -2.12. The van der Waals surface area contributed by atoms with Gasteiger partial charge in [-0.25, -0.2) is 0 Å². The molecule has 0 amide bonds. The summed E-state index contributed by atoms with van der Waals surface area (Å²) in [6.45, 7) is 0. The van der Waals surface area contributed by atoms with Crippen molar-refractivity contribution in [3.05, 3.63) is 59.7 Å². The van der Waals surface area contributed by atoms with Gasteiger partial charge in [0.15, 0.2) is 0 Å². The highest BCUT2D eigenvalue weighted by atomic mass is 16.3. The summed E-state index contributed by atoms with van der Waals surface area (Å²) in [7, 11) is 0. The van der Waals surface area contributed by atoms with E-state index in [1.807, 2.05) is 6.07 Å². The van der Waals surface area contributed by atoms with Gasteiger partial charge < -0.3 is 15.0 Å². The van der Waals surface area contributed by atoms with Gasteiger partial charge in [0.1, 0.15) is 17.8 Å². The van der Waals surface area contributed by atoms with Crippen molar-refractivity contribution in [1.29, 1.82) is 0 Å². The molecule has 2 rings (SSSR count). The molecule has 0 aromatic heterocycles. The largest absolute Gasteiger partial charge is 0.508 e. The molecule has 1 unspecified atom stereocenters. The van der Waals surface area contributed by atoms with Crippen LogP contribution in [-0.2, 0) is 11.2 Å². The molecule has 0 fully saturated rings. The summed E-state index contributed by atoms with van der Waals surface area (Å²) in [6.07, 6.45) is 1.27. The zero-order valence-corrected chi connectivity index (χ0v) is 9.78. The van der Waals surface area contributed by atoms with Crippen LogP contribution in [0.2, 0.25) is 0 Å². The van der Waals surface area contributed by atoms with E-state index in [1.165, 1.54) is 0 Å². The van der Waals surface area contributed by atoms with E-state index in [1.54, 1.807) is 42.5 Å². The lowest BCUT2D eigenvalue weighted by molar-refractivity contribution is -0.109. The van der Waals surface area contributed by atoms with Crippen molar-refractivity contribution in [2.24, 2.45) is 0 Å². The third kappa shape index (κ3) is 2.69. The third-order valence-electron chi connectivity index (χ3n) is 2.87. The number of carbonyl (C=O) groups is 1. The molecule has 0 aliphatic carbocycles. The molecule has 0 radical (unpaired) electrons. The zero-order valence-electron chi connectivity index (χ0n) is 9.78. The lowest BCUT2D eigenvalue weighted by Crippen LogP contribution is -2.04. The van der Waals surface area contributed by atoms with E-state index in [2.05, 4.69) is 0 Å². The fourth-order valence-electron chi connectivity index (χ4n) is 1.97. The molecule has 2 aromatic rings. The van der Waals surface area contributed by atoms with Crippen molar-refractivity contribution in [3.8, 4) is 11.5 Å². The Kier molecular flexibility index (Phi) is 3.63. The highest BCUT2D eigenvalue weighted by Crippen LogP contribution is 2.27. The summed E-state index contributed by atoms with van der Waals surface area (Å²) < 4.78 is 0. The molecule has 0 saturated carbocycles. The summed E-state index contributed by atoms with van der Waals surface area (Å²) >= 11 is 0. The van der Waals surface area contributed by atoms with Gasteiger partial charge in [0, 0.05) is 11.5 Å². The third-order valence-corrected chi connectivity index (χ3v) is 2.87. The number of phenols is 2. The molecule has 3 nitrogen and oxygen atoms in total. The lowest BCUT2D eigenvalue weighted by atomic mass is 9.92. The smallest absolute Gasteiger partial charge is 0.127 e. The average Bonchev–Trinajstić information content (AvgIpc) is 2.37. The van der Waals surface area contributed by atoms with Gasteiger partial charge in [-0.1, -0.05) is 30.3 Å². The van der Waals surface area contributed by atoms with Crippen molar-refractivity contribution in [2.45, 2.75) is 12.3 Å². The first-order valence-corrected chi connectivity index (χ1v) is 5.72. The molecule has 0 aliphatic rings. The second-order valence-electron chi connectivity index (χ2n) is 4.18. The normalized spacial score (nSPS) is 12.0. The van der Waals surface area contributed by atoms with Crippen molar-refractivity contribution in [2.75, 3.05) is 0 Å². The Bertz CT molecular complexity index is 549.